The normalized spacial score (nSPS) is 10.3. The van der Waals surface area contributed by atoms with Crippen LogP contribution in [0.2, 0.25) is 0 Å². The van der Waals surface area contributed by atoms with Crippen LogP contribution in [0.15, 0.2) is 40.9 Å². The van der Waals surface area contributed by atoms with Gasteiger partial charge in [-0.3, -0.25) is 0 Å². The minimum Gasteiger partial charge on any atom is -0.508 e. The molecule has 2 aromatic carbocycles. The van der Waals surface area contributed by atoms with Crippen LogP contribution >= 0.6 is 15.9 Å². The van der Waals surface area contributed by atoms with Crippen LogP contribution in [-0.2, 0) is 6.54 Å². The first-order valence-electron chi connectivity index (χ1n) is 5.57. The molecule has 0 saturated carbocycles. The number of aryl methyl sites for hydroxylation is 1. The lowest BCUT2D eigenvalue weighted by atomic mass is 10.1. The van der Waals surface area contributed by atoms with Crippen LogP contribution < -0.4 is 5.32 Å². The largest absolute Gasteiger partial charge is 0.508 e. The Labute approximate surface area is 114 Å². The van der Waals surface area contributed by atoms with E-state index in [0.29, 0.717) is 6.54 Å². The van der Waals surface area contributed by atoms with Crippen molar-refractivity contribution >= 4 is 21.6 Å². The molecule has 2 aromatic rings. The number of anilines is 1. The predicted octanol–water partition coefficient (Wildman–Crippen LogP) is 3.78. The Morgan fingerprint density at radius 1 is 1.11 bits per heavy atom. The van der Waals surface area contributed by atoms with Gasteiger partial charge in [0, 0.05) is 28.3 Å². The number of benzene rings is 2. The fourth-order valence-corrected chi connectivity index (χ4v) is 2.19. The highest BCUT2D eigenvalue weighted by atomic mass is 79.9. The van der Waals surface area contributed by atoms with E-state index in [9.17, 15) is 10.2 Å². The van der Waals surface area contributed by atoms with Gasteiger partial charge in [0.15, 0.2) is 0 Å². The summed E-state index contributed by atoms with van der Waals surface area (Å²) in [4.78, 5) is 0. The number of hydrogen-bond acceptors (Lipinski definition) is 3. The number of aromatic hydroxyl groups is 2. The summed E-state index contributed by atoms with van der Waals surface area (Å²) in [7, 11) is 0. The minimum atomic E-state index is 0.0658. The van der Waals surface area contributed by atoms with Crippen molar-refractivity contribution in [1.82, 2.24) is 0 Å². The van der Waals surface area contributed by atoms with Crippen LogP contribution in [0.25, 0.3) is 0 Å². The third kappa shape index (κ3) is 2.96. The number of phenolic OH excluding ortho intramolecular Hbond substituents is 2. The molecule has 0 aliphatic heterocycles. The van der Waals surface area contributed by atoms with Crippen molar-refractivity contribution in [3.8, 4) is 11.5 Å². The van der Waals surface area contributed by atoms with E-state index in [0.717, 1.165) is 21.3 Å². The smallest absolute Gasteiger partial charge is 0.124 e. The first-order valence-corrected chi connectivity index (χ1v) is 6.36. The van der Waals surface area contributed by atoms with Crippen LogP contribution in [0, 0.1) is 6.92 Å². The van der Waals surface area contributed by atoms with Crippen molar-refractivity contribution in [2.75, 3.05) is 5.32 Å². The first-order chi connectivity index (χ1) is 8.56. The molecular weight excluding hydrogens is 294 g/mol. The Balaban J connectivity index is 2.11. The average Bonchev–Trinajstić information content (AvgIpc) is 2.30. The van der Waals surface area contributed by atoms with Crippen molar-refractivity contribution in [1.29, 1.82) is 0 Å². The third-order valence-corrected chi connectivity index (χ3v) is 3.22. The third-order valence-electron chi connectivity index (χ3n) is 2.73. The Hall–Kier alpha value is -1.68. The van der Waals surface area contributed by atoms with Crippen LogP contribution in [0.3, 0.4) is 0 Å². The molecule has 0 bridgehead atoms. The zero-order chi connectivity index (χ0) is 13.1. The van der Waals surface area contributed by atoms with E-state index in [2.05, 4.69) is 21.2 Å². The molecule has 3 nitrogen and oxygen atoms in total. The molecule has 18 heavy (non-hydrogen) atoms. The monoisotopic (exact) mass is 307 g/mol. The SMILES string of the molecule is Cc1cc(Br)ccc1NCc1ccc(O)cc1O. The number of hydrogen-bond donors (Lipinski definition) is 3. The van der Waals surface area contributed by atoms with Crippen molar-refractivity contribution < 1.29 is 10.2 Å². The van der Waals surface area contributed by atoms with E-state index < -0.39 is 0 Å². The van der Waals surface area contributed by atoms with Gasteiger partial charge in [0.05, 0.1) is 0 Å². The number of rotatable bonds is 3. The molecule has 0 saturated heterocycles. The van der Waals surface area contributed by atoms with Gasteiger partial charge in [-0.1, -0.05) is 15.9 Å². The summed E-state index contributed by atoms with van der Waals surface area (Å²) in [6.45, 7) is 2.53. The van der Waals surface area contributed by atoms with E-state index in [4.69, 9.17) is 0 Å². The zero-order valence-corrected chi connectivity index (χ0v) is 11.5. The summed E-state index contributed by atoms with van der Waals surface area (Å²) >= 11 is 3.42. The lowest BCUT2D eigenvalue weighted by Gasteiger charge is -2.11. The molecule has 0 aromatic heterocycles. The van der Waals surface area contributed by atoms with Gasteiger partial charge < -0.3 is 15.5 Å². The molecule has 0 aliphatic rings. The Kier molecular flexibility index (Phi) is 3.77. The molecule has 94 valence electrons. The number of halogens is 1. The maximum atomic E-state index is 9.68. The van der Waals surface area contributed by atoms with Crippen LogP contribution in [0.1, 0.15) is 11.1 Å². The molecule has 0 radical (unpaired) electrons. The van der Waals surface area contributed by atoms with Crippen LogP contribution in [0.5, 0.6) is 11.5 Å². The molecule has 0 unspecified atom stereocenters. The van der Waals surface area contributed by atoms with E-state index >= 15 is 0 Å². The highest BCUT2D eigenvalue weighted by Gasteiger charge is 2.03. The van der Waals surface area contributed by atoms with Crippen LogP contribution in [0.4, 0.5) is 5.69 Å². The lowest BCUT2D eigenvalue weighted by Crippen LogP contribution is -2.01. The molecule has 0 fully saturated rings. The van der Waals surface area contributed by atoms with E-state index in [1.165, 1.54) is 6.07 Å². The molecule has 0 spiro atoms. The molecule has 3 N–H and O–H groups in total. The average molecular weight is 308 g/mol. The summed E-state index contributed by atoms with van der Waals surface area (Å²) in [5.74, 6) is 0.160. The highest BCUT2D eigenvalue weighted by Crippen LogP contribution is 2.25. The van der Waals surface area contributed by atoms with E-state index in [-0.39, 0.29) is 11.5 Å². The van der Waals surface area contributed by atoms with Crippen molar-refractivity contribution in [2.45, 2.75) is 13.5 Å². The number of phenols is 2. The van der Waals surface area contributed by atoms with Gasteiger partial charge in [-0.05, 0) is 42.8 Å². The van der Waals surface area contributed by atoms with E-state index in [1.807, 2.05) is 25.1 Å². The standard InChI is InChI=1S/C14H14BrNO2/c1-9-6-11(15)3-5-13(9)16-8-10-2-4-12(17)7-14(10)18/h2-7,16-18H,8H2,1H3. The fourth-order valence-electron chi connectivity index (χ4n) is 1.72. The molecular formula is C14H14BrNO2. The fraction of sp³-hybridized carbons (Fsp3) is 0.143. The maximum absolute atomic E-state index is 9.68. The highest BCUT2D eigenvalue weighted by molar-refractivity contribution is 9.10. The Morgan fingerprint density at radius 2 is 1.89 bits per heavy atom. The molecule has 0 atom stereocenters. The minimum absolute atomic E-state index is 0.0658. The summed E-state index contributed by atoms with van der Waals surface area (Å²) in [5, 5.41) is 22.1. The molecule has 0 aliphatic carbocycles. The summed E-state index contributed by atoms with van der Waals surface area (Å²) in [6, 6.07) is 10.6. The topological polar surface area (TPSA) is 52.5 Å². The Morgan fingerprint density at radius 3 is 2.56 bits per heavy atom. The van der Waals surface area contributed by atoms with Crippen molar-refractivity contribution in [3.05, 3.63) is 52.0 Å². The van der Waals surface area contributed by atoms with Crippen molar-refractivity contribution in [2.24, 2.45) is 0 Å². The summed E-state index contributed by atoms with van der Waals surface area (Å²) in [5.41, 5.74) is 2.89. The predicted molar refractivity (Wildman–Crippen MR) is 76.0 cm³/mol. The molecule has 2 rings (SSSR count). The van der Waals surface area contributed by atoms with Gasteiger partial charge in [-0.15, -0.1) is 0 Å². The van der Waals surface area contributed by atoms with Gasteiger partial charge in [0.25, 0.3) is 0 Å². The maximum Gasteiger partial charge on any atom is 0.124 e. The van der Waals surface area contributed by atoms with Gasteiger partial charge in [0.2, 0.25) is 0 Å². The quantitative estimate of drug-likeness (QED) is 0.809. The number of nitrogens with one attached hydrogen (secondary N) is 1. The molecule has 0 heterocycles. The second kappa shape index (κ2) is 5.31. The van der Waals surface area contributed by atoms with Crippen molar-refractivity contribution in [3.63, 3.8) is 0 Å². The van der Waals surface area contributed by atoms with Gasteiger partial charge >= 0.3 is 0 Å². The van der Waals surface area contributed by atoms with Crippen LogP contribution in [-0.4, -0.2) is 10.2 Å². The first kappa shape index (κ1) is 12.8. The lowest BCUT2D eigenvalue weighted by molar-refractivity contribution is 0.446. The van der Waals surface area contributed by atoms with Gasteiger partial charge in [-0.2, -0.15) is 0 Å². The van der Waals surface area contributed by atoms with E-state index in [1.54, 1.807) is 12.1 Å². The Bertz CT molecular complexity index is 518. The summed E-state index contributed by atoms with van der Waals surface area (Å²) < 4.78 is 1.04. The zero-order valence-electron chi connectivity index (χ0n) is 9.94. The second-order valence-corrected chi connectivity index (χ2v) is 5.04. The second-order valence-electron chi connectivity index (χ2n) is 4.13. The molecule has 4 heteroatoms. The van der Waals surface area contributed by atoms with Gasteiger partial charge in [-0.25, -0.2) is 0 Å². The summed E-state index contributed by atoms with van der Waals surface area (Å²) in [6.07, 6.45) is 0. The van der Waals surface area contributed by atoms with Gasteiger partial charge in [0.1, 0.15) is 11.5 Å². The molecule has 0 amide bonds.